The first kappa shape index (κ1) is 17.3. The number of alkyl halides is 3. The van der Waals surface area contributed by atoms with Gasteiger partial charge in [-0.3, -0.25) is 0 Å². The van der Waals surface area contributed by atoms with Gasteiger partial charge < -0.3 is 15.2 Å². The van der Waals surface area contributed by atoms with Crippen molar-refractivity contribution in [3.8, 4) is 0 Å². The number of benzene rings is 1. The van der Waals surface area contributed by atoms with Gasteiger partial charge in [-0.1, -0.05) is 13.3 Å². The maximum Gasteiger partial charge on any atom is 0.417 e. The topological polar surface area (TPSA) is 58.6 Å². The van der Waals surface area contributed by atoms with Crippen molar-refractivity contribution in [2.75, 3.05) is 19.0 Å². The summed E-state index contributed by atoms with van der Waals surface area (Å²) in [5.41, 5.74) is -1.69. The second kappa shape index (κ2) is 7.31. The van der Waals surface area contributed by atoms with E-state index in [2.05, 4.69) is 5.32 Å². The van der Waals surface area contributed by atoms with E-state index < -0.39 is 23.3 Å². The maximum atomic E-state index is 12.9. The third-order valence-electron chi connectivity index (χ3n) is 2.93. The van der Waals surface area contributed by atoms with Gasteiger partial charge in [0.15, 0.2) is 0 Å². The summed E-state index contributed by atoms with van der Waals surface area (Å²) in [5, 5.41) is 11.8. The van der Waals surface area contributed by atoms with E-state index in [1.807, 2.05) is 6.92 Å². The van der Waals surface area contributed by atoms with Crippen molar-refractivity contribution in [3.63, 3.8) is 0 Å². The molecule has 0 amide bonds. The number of hydrogen-bond donors (Lipinski definition) is 2. The van der Waals surface area contributed by atoms with Crippen molar-refractivity contribution in [2.45, 2.75) is 32.0 Å². The van der Waals surface area contributed by atoms with Crippen LogP contribution in [0.4, 0.5) is 18.9 Å². The summed E-state index contributed by atoms with van der Waals surface area (Å²) in [6.45, 7) is 2.31. The third kappa shape index (κ3) is 4.93. The van der Waals surface area contributed by atoms with Crippen molar-refractivity contribution in [3.05, 3.63) is 29.3 Å². The van der Waals surface area contributed by atoms with E-state index in [9.17, 15) is 18.0 Å². The Balaban J connectivity index is 3.07. The largest absolute Gasteiger partial charge is 0.478 e. The molecule has 0 aliphatic carbocycles. The average molecular weight is 305 g/mol. The van der Waals surface area contributed by atoms with Gasteiger partial charge in [-0.15, -0.1) is 0 Å². The predicted octanol–water partition coefficient (Wildman–Crippen LogP) is 3.63. The molecule has 0 fully saturated rings. The zero-order chi connectivity index (χ0) is 16.0. The monoisotopic (exact) mass is 305 g/mol. The van der Waals surface area contributed by atoms with Crippen LogP contribution in [0.1, 0.15) is 35.7 Å². The molecule has 0 heterocycles. The van der Waals surface area contributed by atoms with Gasteiger partial charge in [-0.2, -0.15) is 13.2 Å². The van der Waals surface area contributed by atoms with Crippen molar-refractivity contribution in [1.82, 2.24) is 0 Å². The Hall–Kier alpha value is -1.76. The SMILES string of the molecule is CCCC(COC)Nc1ccc(C(=O)O)c(C(F)(F)F)c1. The molecule has 0 radical (unpaired) electrons. The molecule has 1 unspecified atom stereocenters. The smallest absolute Gasteiger partial charge is 0.417 e. The van der Waals surface area contributed by atoms with Crippen LogP contribution in [0, 0.1) is 0 Å². The number of carbonyl (C=O) groups is 1. The maximum absolute atomic E-state index is 12.9. The fraction of sp³-hybridized carbons (Fsp3) is 0.500. The number of carboxylic acid groups (broad SMARTS) is 1. The Morgan fingerprint density at radius 3 is 2.57 bits per heavy atom. The number of rotatable bonds is 7. The molecule has 2 N–H and O–H groups in total. The number of halogens is 3. The van der Waals surface area contributed by atoms with Crippen LogP contribution in [0.2, 0.25) is 0 Å². The molecule has 1 atom stereocenters. The highest BCUT2D eigenvalue weighted by Gasteiger charge is 2.35. The van der Waals surface area contributed by atoms with Gasteiger partial charge in [0.2, 0.25) is 0 Å². The molecule has 0 spiro atoms. The minimum atomic E-state index is -4.72. The van der Waals surface area contributed by atoms with Crippen LogP contribution in [-0.4, -0.2) is 30.8 Å². The lowest BCUT2D eigenvalue weighted by atomic mass is 10.1. The quantitative estimate of drug-likeness (QED) is 0.807. The van der Waals surface area contributed by atoms with Crippen LogP contribution in [0.15, 0.2) is 18.2 Å². The number of carboxylic acids is 1. The van der Waals surface area contributed by atoms with E-state index >= 15 is 0 Å². The molecule has 0 saturated carbocycles. The average Bonchev–Trinajstić information content (AvgIpc) is 2.38. The van der Waals surface area contributed by atoms with E-state index in [1.165, 1.54) is 13.2 Å². The summed E-state index contributed by atoms with van der Waals surface area (Å²) in [5.74, 6) is -1.60. The minimum absolute atomic E-state index is 0.128. The standard InChI is InChI=1S/C14H18F3NO3/c1-3-4-10(8-21-2)18-9-5-6-11(13(19)20)12(7-9)14(15,16)17/h5-7,10,18H,3-4,8H2,1-2H3,(H,19,20). The minimum Gasteiger partial charge on any atom is -0.478 e. The molecule has 0 saturated heterocycles. The van der Waals surface area contributed by atoms with Gasteiger partial charge in [-0.25, -0.2) is 4.79 Å². The van der Waals surface area contributed by atoms with Crippen LogP contribution in [0.3, 0.4) is 0 Å². The fourth-order valence-corrected chi connectivity index (χ4v) is 2.04. The van der Waals surface area contributed by atoms with Crippen molar-refractivity contribution in [1.29, 1.82) is 0 Å². The molecule has 1 aromatic rings. The molecule has 1 rings (SSSR count). The molecule has 0 aliphatic heterocycles. The molecule has 1 aromatic carbocycles. The predicted molar refractivity (Wildman–Crippen MR) is 72.6 cm³/mol. The molecule has 118 valence electrons. The number of anilines is 1. The third-order valence-corrected chi connectivity index (χ3v) is 2.93. The Kier molecular flexibility index (Phi) is 6.02. The highest BCUT2D eigenvalue weighted by Crippen LogP contribution is 2.34. The summed E-state index contributed by atoms with van der Waals surface area (Å²) in [6, 6.07) is 2.99. The van der Waals surface area contributed by atoms with Crippen LogP contribution in [-0.2, 0) is 10.9 Å². The molecule has 7 heteroatoms. The first-order chi connectivity index (χ1) is 9.79. The lowest BCUT2D eigenvalue weighted by molar-refractivity contribution is -0.138. The summed E-state index contributed by atoms with van der Waals surface area (Å²) in [4.78, 5) is 10.9. The zero-order valence-electron chi connectivity index (χ0n) is 11.8. The van der Waals surface area contributed by atoms with E-state index in [0.29, 0.717) is 6.61 Å². The first-order valence-corrected chi connectivity index (χ1v) is 6.49. The number of aromatic carboxylic acids is 1. The summed E-state index contributed by atoms with van der Waals surface area (Å²) >= 11 is 0. The van der Waals surface area contributed by atoms with E-state index in [4.69, 9.17) is 9.84 Å². The highest BCUT2D eigenvalue weighted by atomic mass is 19.4. The molecule has 21 heavy (non-hydrogen) atoms. The van der Waals surface area contributed by atoms with Crippen LogP contribution in [0.5, 0.6) is 0 Å². The van der Waals surface area contributed by atoms with Gasteiger partial charge in [0, 0.05) is 18.8 Å². The molecule has 0 bridgehead atoms. The van der Waals surface area contributed by atoms with Crippen molar-refractivity contribution >= 4 is 11.7 Å². The molecular formula is C14H18F3NO3. The number of methoxy groups -OCH3 is 1. The number of hydrogen-bond acceptors (Lipinski definition) is 3. The molecule has 0 aliphatic rings. The normalized spacial score (nSPS) is 13.0. The van der Waals surface area contributed by atoms with Gasteiger partial charge in [0.1, 0.15) is 0 Å². The van der Waals surface area contributed by atoms with Crippen LogP contribution >= 0.6 is 0 Å². The van der Waals surface area contributed by atoms with Crippen LogP contribution in [0.25, 0.3) is 0 Å². The number of nitrogens with one attached hydrogen (secondary N) is 1. The number of ether oxygens (including phenoxy) is 1. The first-order valence-electron chi connectivity index (χ1n) is 6.49. The molecule has 4 nitrogen and oxygen atoms in total. The van der Waals surface area contributed by atoms with Crippen molar-refractivity contribution < 1.29 is 27.8 Å². The van der Waals surface area contributed by atoms with E-state index in [-0.39, 0.29) is 11.7 Å². The Morgan fingerprint density at radius 2 is 2.10 bits per heavy atom. The highest BCUT2D eigenvalue weighted by molar-refractivity contribution is 5.90. The van der Waals surface area contributed by atoms with Gasteiger partial charge in [-0.05, 0) is 24.6 Å². The Morgan fingerprint density at radius 1 is 1.43 bits per heavy atom. The summed E-state index contributed by atoms with van der Waals surface area (Å²) in [6.07, 6.45) is -3.14. The lowest BCUT2D eigenvalue weighted by Gasteiger charge is -2.20. The molecule has 0 aromatic heterocycles. The van der Waals surface area contributed by atoms with E-state index in [1.54, 1.807) is 0 Å². The Bertz CT molecular complexity index is 483. The van der Waals surface area contributed by atoms with Gasteiger partial charge in [0.05, 0.1) is 17.7 Å². The van der Waals surface area contributed by atoms with Gasteiger partial charge in [0.25, 0.3) is 0 Å². The summed E-state index contributed by atoms with van der Waals surface area (Å²) in [7, 11) is 1.51. The lowest BCUT2D eigenvalue weighted by Crippen LogP contribution is -2.25. The zero-order valence-corrected chi connectivity index (χ0v) is 11.8. The second-order valence-corrected chi connectivity index (χ2v) is 4.65. The van der Waals surface area contributed by atoms with Crippen molar-refractivity contribution in [2.24, 2.45) is 0 Å². The van der Waals surface area contributed by atoms with E-state index in [0.717, 1.165) is 25.0 Å². The summed E-state index contributed by atoms with van der Waals surface area (Å²) < 4.78 is 43.7. The second-order valence-electron chi connectivity index (χ2n) is 4.65. The van der Waals surface area contributed by atoms with Crippen LogP contribution < -0.4 is 5.32 Å². The van der Waals surface area contributed by atoms with Gasteiger partial charge >= 0.3 is 12.1 Å². The Labute approximate surface area is 120 Å². The molecular weight excluding hydrogens is 287 g/mol. The fourth-order valence-electron chi connectivity index (χ4n) is 2.04.